The molecule has 6 nitrogen and oxygen atoms in total. The summed E-state index contributed by atoms with van der Waals surface area (Å²) in [6.07, 6.45) is 2.17. The van der Waals surface area contributed by atoms with Gasteiger partial charge < -0.3 is 19.8 Å². The fraction of sp³-hybridized carbons (Fsp3) is 0.500. The highest BCUT2D eigenvalue weighted by Crippen LogP contribution is 2.15. The second-order valence-corrected chi connectivity index (χ2v) is 4.74. The van der Waals surface area contributed by atoms with Crippen molar-refractivity contribution in [3.8, 4) is 0 Å². The minimum absolute atomic E-state index is 0.132. The van der Waals surface area contributed by atoms with Gasteiger partial charge in [-0.05, 0) is 34.8 Å². The van der Waals surface area contributed by atoms with Crippen LogP contribution >= 0.6 is 15.9 Å². The number of carbonyl (C=O) groups excluding carboxylic acids is 1. The minimum Gasteiger partial charge on any atom is -0.359 e. The number of nitrogens with one attached hydrogen (secondary N) is 2. The number of halogens is 1. The van der Waals surface area contributed by atoms with Gasteiger partial charge in [0, 0.05) is 24.3 Å². The molecule has 0 spiro atoms. The third-order valence-corrected chi connectivity index (χ3v) is 3.29. The Morgan fingerprint density at radius 2 is 2.26 bits per heavy atom. The van der Waals surface area contributed by atoms with E-state index in [1.165, 1.54) is 6.20 Å². The van der Waals surface area contributed by atoms with Crippen molar-refractivity contribution in [2.45, 2.75) is 13.3 Å². The summed E-state index contributed by atoms with van der Waals surface area (Å²) in [6.45, 7) is 2.88. The van der Waals surface area contributed by atoms with Crippen LogP contribution in [-0.4, -0.2) is 37.9 Å². The SMILES string of the molecule is COCOCCCNC(=O)c1c(C)c(Br)c[nH]c1=O. The smallest absolute Gasteiger partial charge is 0.261 e. The van der Waals surface area contributed by atoms with E-state index in [2.05, 4.69) is 26.2 Å². The first kappa shape index (κ1) is 15.9. The van der Waals surface area contributed by atoms with Crippen molar-refractivity contribution in [2.75, 3.05) is 27.1 Å². The fourth-order valence-electron chi connectivity index (χ4n) is 1.48. The number of hydrogen-bond donors (Lipinski definition) is 2. The fourth-order valence-corrected chi connectivity index (χ4v) is 1.79. The van der Waals surface area contributed by atoms with Crippen LogP contribution in [0, 0.1) is 6.92 Å². The van der Waals surface area contributed by atoms with Crippen LogP contribution < -0.4 is 10.9 Å². The molecular formula is C12H17BrN2O4. The van der Waals surface area contributed by atoms with E-state index in [1.54, 1.807) is 14.0 Å². The summed E-state index contributed by atoms with van der Waals surface area (Å²) in [5, 5.41) is 2.68. The number of pyridine rings is 1. The van der Waals surface area contributed by atoms with Gasteiger partial charge >= 0.3 is 0 Å². The Bertz CT molecular complexity index is 487. The monoisotopic (exact) mass is 332 g/mol. The molecule has 0 atom stereocenters. The Balaban J connectivity index is 2.51. The summed E-state index contributed by atoms with van der Waals surface area (Å²) in [4.78, 5) is 26.0. The summed E-state index contributed by atoms with van der Waals surface area (Å²) in [5.74, 6) is -0.383. The van der Waals surface area contributed by atoms with Gasteiger partial charge in [0.05, 0.1) is 6.61 Å². The highest BCUT2D eigenvalue weighted by molar-refractivity contribution is 9.10. The van der Waals surface area contributed by atoms with E-state index in [0.29, 0.717) is 29.6 Å². The first-order valence-electron chi connectivity index (χ1n) is 5.80. The third kappa shape index (κ3) is 4.77. The van der Waals surface area contributed by atoms with Gasteiger partial charge in [0.1, 0.15) is 12.4 Å². The number of amides is 1. The van der Waals surface area contributed by atoms with Gasteiger partial charge in [0.25, 0.3) is 11.5 Å². The van der Waals surface area contributed by atoms with Crippen LogP contribution in [-0.2, 0) is 9.47 Å². The van der Waals surface area contributed by atoms with Crippen molar-refractivity contribution in [3.05, 3.63) is 32.2 Å². The van der Waals surface area contributed by atoms with Crippen LogP contribution in [0.2, 0.25) is 0 Å². The van der Waals surface area contributed by atoms with E-state index in [-0.39, 0.29) is 18.3 Å². The van der Waals surface area contributed by atoms with Gasteiger partial charge in [-0.1, -0.05) is 0 Å². The summed E-state index contributed by atoms with van der Waals surface area (Å²) < 4.78 is 10.5. The molecule has 0 fully saturated rings. The molecule has 0 saturated heterocycles. The molecule has 1 aromatic heterocycles. The zero-order chi connectivity index (χ0) is 14.3. The van der Waals surface area contributed by atoms with E-state index < -0.39 is 5.56 Å². The van der Waals surface area contributed by atoms with Crippen molar-refractivity contribution in [3.63, 3.8) is 0 Å². The predicted molar refractivity (Wildman–Crippen MR) is 74.3 cm³/mol. The summed E-state index contributed by atoms with van der Waals surface area (Å²) >= 11 is 3.27. The molecule has 0 saturated carbocycles. The highest BCUT2D eigenvalue weighted by atomic mass is 79.9. The zero-order valence-electron chi connectivity index (χ0n) is 10.9. The molecule has 1 aromatic rings. The van der Waals surface area contributed by atoms with E-state index in [1.807, 2.05) is 0 Å². The van der Waals surface area contributed by atoms with Crippen molar-refractivity contribution in [1.29, 1.82) is 0 Å². The van der Waals surface area contributed by atoms with E-state index in [0.717, 1.165) is 0 Å². The highest BCUT2D eigenvalue weighted by Gasteiger charge is 2.15. The van der Waals surface area contributed by atoms with Crippen LogP contribution in [0.4, 0.5) is 0 Å². The Kier molecular flexibility index (Phi) is 6.75. The predicted octanol–water partition coefficient (Wildman–Crippen LogP) is 1.19. The molecular weight excluding hydrogens is 316 g/mol. The van der Waals surface area contributed by atoms with Gasteiger partial charge in [-0.15, -0.1) is 0 Å². The summed E-state index contributed by atoms with van der Waals surface area (Å²) in [7, 11) is 1.55. The quantitative estimate of drug-likeness (QED) is 0.580. The Hall–Kier alpha value is -1.18. The molecule has 0 unspecified atom stereocenters. The molecule has 106 valence electrons. The topological polar surface area (TPSA) is 80.4 Å². The summed E-state index contributed by atoms with van der Waals surface area (Å²) in [6, 6.07) is 0. The van der Waals surface area contributed by atoms with Gasteiger partial charge in [0.2, 0.25) is 0 Å². The number of methoxy groups -OCH3 is 1. The lowest BCUT2D eigenvalue weighted by Crippen LogP contribution is -2.31. The Morgan fingerprint density at radius 1 is 1.53 bits per heavy atom. The molecule has 0 aliphatic carbocycles. The lowest BCUT2D eigenvalue weighted by molar-refractivity contribution is -0.0308. The van der Waals surface area contributed by atoms with Crippen LogP contribution in [0.3, 0.4) is 0 Å². The summed E-state index contributed by atoms with van der Waals surface area (Å²) in [5.41, 5.74) is 0.359. The number of ether oxygens (including phenoxy) is 2. The van der Waals surface area contributed by atoms with E-state index in [9.17, 15) is 9.59 Å². The number of aromatic amines is 1. The van der Waals surface area contributed by atoms with Crippen molar-refractivity contribution in [1.82, 2.24) is 10.3 Å². The molecule has 19 heavy (non-hydrogen) atoms. The number of rotatable bonds is 7. The molecule has 1 heterocycles. The van der Waals surface area contributed by atoms with Gasteiger partial charge in [-0.3, -0.25) is 9.59 Å². The maximum Gasteiger partial charge on any atom is 0.261 e. The zero-order valence-corrected chi connectivity index (χ0v) is 12.5. The van der Waals surface area contributed by atoms with Gasteiger partial charge in [-0.25, -0.2) is 0 Å². The maximum atomic E-state index is 11.9. The number of hydrogen-bond acceptors (Lipinski definition) is 4. The second-order valence-electron chi connectivity index (χ2n) is 3.89. The molecule has 1 rings (SSSR count). The van der Waals surface area contributed by atoms with Crippen LogP contribution in [0.15, 0.2) is 15.5 Å². The lowest BCUT2D eigenvalue weighted by atomic mass is 10.1. The Morgan fingerprint density at radius 3 is 2.95 bits per heavy atom. The number of aromatic nitrogens is 1. The minimum atomic E-state index is -0.395. The Labute approximate surface area is 119 Å². The first-order chi connectivity index (χ1) is 9.07. The van der Waals surface area contributed by atoms with Crippen LogP contribution in [0.5, 0.6) is 0 Å². The van der Waals surface area contributed by atoms with Gasteiger partial charge in [0.15, 0.2) is 0 Å². The van der Waals surface area contributed by atoms with E-state index in [4.69, 9.17) is 9.47 Å². The average Bonchev–Trinajstić information content (AvgIpc) is 2.38. The molecule has 7 heteroatoms. The molecule has 0 bridgehead atoms. The second kappa shape index (κ2) is 8.08. The van der Waals surface area contributed by atoms with Gasteiger partial charge in [-0.2, -0.15) is 0 Å². The molecule has 0 aromatic carbocycles. The average molecular weight is 333 g/mol. The molecule has 1 amide bonds. The van der Waals surface area contributed by atoms with E-state index >= 15 is 0 Å². The normalized spacial score (nSPS) is 10.5. The van der Waals surface area contributed by atoms with Crippen molar-refractivity contribution < 1.29 is 14.3 Å². The molecule has 0 aliphatic heterocycles. The molecule has 0 aliphatic rings. The standard InChI is InChI=1S/C12H17BrN2O4/c1-8-9(13)6-15-12(17)10(8)11(16)14-4-3-5-19-7-18-2/h6H,3-5,7H2,1-2H3,(H,14,16)(H,15,17). The lowest BCUT2D eigenvalue weighted by Gasteiger charge is -2.08. The van der Waals surface area contributed by atoms with Crippen LogP contribution in [0.25, 0.3) is 0 Å². The van der Waals surface area contributed by atoms with Crippen molar-refractivity contribution >= 4 is 21.8 Å². The maximum absolute atomic E-state index is 11.9. The largest absolute Gasteiger partial charge is 0.359 e. The first-order valence-corrected chi connectivity index (χ1v) is 6.60. The molecule has 2 N–H and O–H groups in total. The number of carbonyl (C=O) groups is 1. The molecule has 0 radical (unpaired) electrons. The van der Waals surface area contributed by atoms with Crippen molar-refractivity contribution in [2.24, 2.45) is 0 Å². The number of H-pyrrole nitrogens is 1. The van der Waals surface area contributed by atoms with Crippen LogP contribution in [0.1, 0.15) is 22.3 Å². The third-order valence-electron chi connectivity index (χ3n) is 2.47.